The summed E-state index contributed by atoms with van der Waals surface area (Å²) in [5.41, 5.74) is 1.66. The highest BCUT2D eigenvalue weighted by Crippen LogP contribution is 2.27. The van der Waals surface area contributed by atoms with Crippen LogP contribution in [0, 0.1) is 5.92 Å². The van der Waals surface area contributed by atoms with E-state index in [1.165, 1.54) is 4.90 Å². The zero-order valence-electron chi connectivity index (χ0n) is 22.5. The molecule has 0 aliphatic carbocycles. The van der Waals surface area contributed by atoms with Crippen molar-refractivity contribution in [2.45, 2.75) is 71.2 Å². The summed E-state index contributed by atoms with van der Waals surface area (Å²) in [6.07, 6.45) is 2.09. The highest BCUT2D eigenvalue weighted by atomic mass is 35.5. The van der Waals surface area contributed by atoms with Crippen molar-refractivity contribution in [3.8, 4) is 11.1 Å². The van der Waals surface area contributed by atoms with Crippen LogP contribution in [-0.2, 0) is 14.3 Å². The number of rotatable bonds is 8. The molecule has 1 aromatic carbocycles. The molecule has 3 N–H and O–H groups in total. The molecule has 0 bridgehead atoms. The van der Waals surface area contributed by atoms with E-state index < -0.39 is 29.8 Å². The van der Waals surface area contributed by atoms with E-state index in [0.717, 1.165) is 11.1 Å². The first-order chi connectivity index (χ1) is 17.9. The number of aliphatic hydroxyl groups excluding tert-OH is 1. The number of aromatic nitrogens is 1. The number of carbonyl (C=O) groups excluding carboxylic acids is 3. The molecule has 206 valence electrons. The minimum absolute atomic E-state index is 0.212. The molecule has 1 aliphatic heterocycles. The molecule has 2 heterocycles. The van der Waals surface area contributed by atoms with E-state index in [4.69, 9.17) is 16.3 Å². The molecule has 0 spiro atoms. The lowest BCUT2D eigenvalue weighted by molar-refractivity contribution is -0.141. The molecular formula is C28H37ClN4O5. The van der Waals surface area contributed by atoms with Crippen molar-refractivity contribution < 1.29 is 24.2 Å². The van der Waals surface area contributed by atoms with E-state index in [2.05, 4.69) is 15.6 Å². The number of nitrogens with zero attached hydrogens (tertiary/aromatic N) is 2. The van der Waals surface area contributed by atoms with Crippen LogP contribution >= 0.6 is 11.6 Å². The topological polar surface area (TPSA) is 121 Å². The fourth-order valence-corrected chi connectivity index (χ4v) is 4.66. The first kappa shape index (κ1) is 29.4. The van der Waals surface area contributed by atoms with Crippen LogP contribution in [0.1, 0.15) is 59.1 Å². The van der Waals surface area contributed by atoms with Crippen LogP contribution in [0.15, 0.2) is 42.6 Å². The van der Waals surface area contributed by atoms with Crippen LogP contribution < -0.4 is 10.6 Å². The van der Waals surface area contributed by atoms with Crippen LogP contribution in [0.3, 0.4) is 0 Å². The molecule has 1 aliphatic rings. The van der Waals surface area contributed by atoms with Gasteiger partial charge in [0.25, 0.3) is 0 Å². The van der Waals surface area contributed by atoms with E-state index >= 15 is 0 Å². The monoisotopic (exact) mass is 544 g/mol. The van der Waals surface area contributed by atoms with E-state index in [-0.39, 0.29) is 24.3 Å². The number of aliphatic hydroxyl groups is 1. The van der Waals surface area contributed by atoms with Crippen molar-refractivity contribution in [3.05, 3.63) is 53.3 Å². The number of likely N-dealkylation sites (tertiary alicyclic amines) is 1. The smallest absolute Gasteiger partial charge is 0.408 e. The normalized spacial score (nSPS) is 17.2. The molecule has 1 fully saturated rings. The first-order valence-electron chi connectivity index (χ1n) is 12.8. The van der Waals surface area contributed by atoms with Gasteiger partial charge in [-0.05, 0) is 62.8 Å². The van der Waals surface area contributed by atoms with E-state index in [0.29, 0.717) is 30.1 Å². The number of hydrogen-bond acceptors (Lipinski definition) is 6. The van der Waals surface area contributed by atoms with Gasteiger partial charge in [-0.1, -0.05) is 49.7 Å². The Labute approximate surface area is 228 Å². The average Bonchev–Trinajstić information content (AvgIpc) is 3.35. The van der Waals surface area contributed by atoms with Gasteiger partial charge in [-0.25, -0.2) is 9.78 Å². The van der Waals surface area contributed by atoms with Gasteiger partial charge >= 0.3 is 6.09 Å². The molecular weight excluding hydrogens is 508 g/mol. The highest BCUT2D eigenvalue weighted by Gasteiger charge is 2.39. The summed E-state index contributed by atoms with van der Waals surface area (Å²) in [4.78, 5) is 44.7. The molecule has 0 saturated carbocycles. The van der Waals surface area contributed by atoms with Gasteiger partial charge in [0.15, 0.2) is 0 Å². The molecule has 3 atom stereocenters. The fourth-order valence-electron chi connectivity index (χ4n) is 4.43. The minimum Gasteiger partial charge on any atom is -0.444 e. The van der Waals surface area contributed by atoms with Crippen molar-refractivity contribution in [1.82, 2.24) is 20.5 Å². The molecule has 2 aromatic rings. The number of hydrogen-bond donors (Lipinski definition) is 3. The second-order valence-electron chi connectivity index (χ2n) is 10.8. The molecule has 1 saturated heterocycles. The van der Waals surface area contributed by atoms with Crippen LogP contribution in [0.2, 0.25) is 5.15 Å². The van der Waals surface area contributed by atoms with Crippen molar-refractivity contribution in [1.29, 1.82) is 0 Å². The number of alkyl carbamates (subject to hydrolysis) is 1. The quantitative estimate of drug-likeness (QED) is 0.430. The maximum Gasteiger partial charge on any atom is 0.408 e. The van der Waals surface area contributed by atoms with Gasteiger partial charge in [-0.2, -0.15) is 0 Å². The van der Waals surface area contributed by atoms with Gasteiger partial charge in [-0.3, -0.25) is 9.59 Å². The zero-order valence-corrected chi connectivity index (χ0v) is 23.3. The van der Waals surface area contributed by atoms with Gasteiger partial charge in [0.1, 0.15) is 22.8 Å². The van der Waals surface area contributed by atoms with Crippen LogP contribution in [-0.4, -0.2) is 63.7 Å². The molecule has 9 nitrogen and oxygen atoms in total. The molecule has 3 amide bonds. The van der Waals surface area contributed by atoms with Crippen LogP contribution in [0.4, 0.5) is 4.79 Å². The van der Waals surface area contributed by atoms with Crippen molar-refractivity contribution >= 4 is 29.5 Å². The number of halogens is 1. The largest absolute Gasteiger partial charge is 0.444 e. The number of amides is 3. The number of nitrogens with one attached hydrogen (secondary N) is 2. The third-order valence-corrected chi connectivity index (χ3v) is 6.63. The zero-order chi connectivity index (χ0) is 28.0. The molecule has 10 heteroatoms. The lowest BCUT2D eigenvalue weighted by atomic mass is 10.0. The van der Waals surface area contributed by atoms with Crippen molar-refractivity contribution in [2.75, 3.05) is 13.2 Å². The first-order valence-corrected chi connectivity index (χ1v) is 13.2. The summed E-state index contributed by atoms with van der Waals surface area (Å²) >= 11 is 6.20. The SMILES string of the molecule is CC(C)[C@H](NC(=O)OC(C)(C)C)C(=O)N1CCC[C@H]1C(=O)N[C@@H](CO)c1ccc(-c2cccnc2Cl)cc1. The third kappa shape index (κ3) is 7.45. The molecule has 3 rings (SSSR count). The average molecular weight is 545 g/mol. The van der Waals surface area contributed by atoms with Gasteiger partial charge in [0, 0.05) is 18.3 Å². The summed E-state index contributed by atoms with van der Waals surface area (Å²) < 4.78 is 5.33. The van der Waals surface area contributed by atoms with E-state index in [1.54, 1.807) is 33.0 Å². The summed E-state index contributed by atoms with van der Waals surface area (Å²) in [6, 6.07) is 8.82. The van der Waals surface area contributed by atoms with E-state index in [1.807, 2.05) is 44.2 Å². The number of carbonyl (C=O) groups is 3. The van der Waals surface area contributed by atoms with Crippen molar-refractivity contribution in [3.63, 3.8) is 0 Å². The van der Waals surface area contributed by atoms with Crippen molar-refractivity contribution in [2.24, 2.45) is 5.92 Å². The highest BCUT2D eigenvalue weighted by molar-refractivity contribution is 6.32. The van der Waals surface area contributed by atoms with E-state index in [9.17, 15) is 19.5 Å². The second kappa shape index (κ2) is 12.6. The summed E-state index contributed by atoms with van der Waals surface area (Å²) in [5, 5.41) is 16.0. The Hall–Kier alpha value is -3.17. The molecule has 0 unspecified atom stereocenters. The number of benzene rings is 1. The summed E-state index contributed by atoms with van der Waals surface area (Å²) in [7, 11) is 0. The maximum atomic E-state index is 13.4. The molecule has 0 radical (unpaired) electrons. The Balaban J connectivity index is 1.70. The fraction of sp³-hybridized carbons (Fsp3) is 0.500. The van der Waals surface area contributed by atoms with Gasteiger partial charge < -0.3 is 25.4 Å². The minimum atomic E-state index is -0.835. The standard InChI is InChI=1S/C28H37ClN4O5/c1-17(2)23(32-27(37)38-28(3,4)5)26(36)33-15-7-9-22(33)25(35)31-21(16-34)19-12-10-18(11-13-19)20-8-6-14-30-24(20)29/h6,8,10-14,17,21-23,34H,7,9,15-16H2,1-5H3,(H,31,35)(H,32,37)/t21-,22-,23-/m0/s1. The predicted molar refractivity (Wildman–Crippen MR) is 145 cm³/mol. The summed E-state index contributed by atoms with van der Waals surface area (Å²) in [5.74, 6) is -0.896. The van der Waals surface area contributed by atoms with Gasteiger partial charge in [-0.15, -0.1) is 0 Å². The van der Waals surface area contributed by atoms with Crippen LogP contribution in [0.5, 0.6) is 0 Å². The summed E-state index contributed by atoms with van der Waals surface area (Å²) in [6.45, 7) is 9.00. The van der Waals surface area contributed by atoms with Gasteiger partial charge in [0.2, 0.25) is 11.8 Å². The van der Waals surface area contributed by atoms with Gasteiger partial charge in [0.05, 0.1) is 12.6 Å². The Morgan fingerprint density at radius 2 is 1.84 bits per heavy atom. The number of pyridine rings is 1. The molecule has 1 aromatic heterocycles. The Kier molecular flexibility index (Phi) is 9.73. The lowest BCUT2D eigenvalue weighted by Gasteiger charge is -2.31. The maximum absolute atomic E-state index is 13.4. The molecule has 38 heavy (non-hydrogen) atoms. The lowest BCUT2D eigenvalue weighted by Crippen LogP contribution is -2.56. The Morgan fingerprint density at radius 1 is 1.16 bits per heavy atom. The third-order valence-electron chi connectivity index (χ3n) is 6.33. The predicted octanol–water partition coefficient (Wildman–Crippen LogP) is 4.09. The number of ether oxygens (including phenoxy) is 1. The van der Waals surface area contributed by atoms with Crippen LogP contribution in [0.25, 0.3) is 11.1 Å². The Bertz CT molecular complexity index is 1130. The second-order valence-corrected chi connectivity index (χ2v) is 11.1. The Morgan fingerprint density at radius 3 is 2.42 bits per heavy atom.